The fourth-order valence-corrected chi connectivity index (χ4v) is 1.06. The maximum absolute atomic E-state index is 5.34. The van der Waals surface area contributed by atoms with Crippen LogP contribution in [0.25, 0.3) is 6.08 Å². The van der Waals surface area contributed by atoms with Gasteiger partial charge in [0.25, 0.3) is 0 Å². The first-order chi connectivity index (χ1) is 4.97. The van der Waals surface area contributed by atoms with Crippen LogP contribution < -0.4 is 4.74 Å². The van der Waals surface area contributed by atoms with Crippen LogP contribution in [0.4, 0.5) is 0 Å². The molecule has 1 aromatic carbocycles. The second kappa shape index (κ2) is 5.77. The van der Waals surface area contributed by atoms with Crippen molar-refractivity contribution >= 4 is 6.08 Å². The molecule has 0 amide bonds. The third-order valence-electron chi connectivity index (χ3n) is 1.55. The van der Waals surface area contributed by atoms with Crippen molar-refractivity contribution in [1.29, 1.82) is 0 Å². The van der Waals surface area contributed by atoms with Crippen molar-refractivity contribution in [2.75, 3.05) is 6.61 Å². The number of hydrogen-bond acceptors (Lipinski definition) is 1. The maximum Gasteiger partial charge on any atom is 0.126 e. The molecule has 3 heteroatoms. The summed E-state index contributed by atoms with van der Waals surface area (Å²) in [6.45, 7) is 0.705. The van der Waals surface area contributed by atoms with Gasteiger partial charge in [-0.25, -0.2) is 0 Å². The van der Waals surface area contributed by atoms with E-state index in [2.05, 4.69) is 6.08 Å². The number of fused-ring (bicyclic) bond motifs is 1. The standard InChI is InChI=1S/C9H8O.Mo.Nb/c1-2-6-9-8(4-1)5-3-7-10-9;;/h1-6H,7H2;;. The Bertz CT molecular complexity index is 273. The Kier molecular flexibility index (Phi) is 5.86. The molecule has 0 aliphatic carbocycles. The van der Waals surface area contributed by atoms with Crippen molar-refractivity contribution in [3.63, 3.8) is 0 Å². The molecule has 0 atom stereocenters. The van der Waals surface area contributed by atoms with E-state index in [0.29, 0.717) is 6.61 Å². The Morgan fingerprint density at radius 3 is 2.67 bits per heavy atom. The summed E-state index contributed by atoms with van der Waals surface area (Å²) in [5.74, 6) is 0.991. The molecule has 0 bridgehead atoms. The molecule has 0 aromatic heterocycles. The van der Waals surface area contributed by atoms with E-state index in [0.717, 1.165) is 5.75 Å². The van der Waals surface area contributed by atoms with Gasteiger partial charge < -0.3 is 4.74 Å². The molecule has 1 aromatic rings. The van der Waals surface area contributed by atoms with Gasteiger partial charge in [0.1, 0.15) is 12.4 Å². The minimum absolute atomic E-state index is 0. The van der Waals surface area contributed by atoms with Crippen LogP contribution in [-0.2, 0) is 43.4 Å². The molecule has 1 radical (unpaired) electrons. The van der Waals surface area contributed by atoms with Crippen molar-refractivity contribution in [3.05, 3.63) is 35.9 Å². The quantitative estimate of drug-likeness (QED) is 0.665. The van der Waals surface area contributed by atoms with Crippen molar-refractivity contribution in [1.82, 2.24) is 0 Å². The van der Waals surface area contributed by atoms with Gasteiger partial charge in [0.05, 0.1) is 0 Å². The van der Waals surface area contributed by atoms with Crippen LogP contribution >= 0.6 is 0 Å². The Balaban J connectivity index is 0.000000605. The predicted molar refractivity (Wildman–Crippen MR) is 41.0 cm³/mol. The fourth-order valence-electron chi connectivity index (χ4n) is 1.06. The molecule has 61 valence electrons. The Labute approximate surface area is 102 Å². The molecular weight excluding hydrogens is 313 g/mol. The molecule has 0 fully saturated rings. The molecule has 2 rings (SSSR count). The number of hydrogen-bond donors (Lipinski definition) is 0. The van der Waals surface area contributed by atoms with Crippen molar-refractivity contribution in [2.45, 2.75) is 0 Å². The van der Waals surface area contributed by atoms with Crippen LogP contribution in [0.1, 0.15) is 5.56 Å². The zero-order valence-electron chi connectivity index (χ0n) is 6.43. The summed E-state index contributed by atoms with van der Waals surface area (Å²) in [4.78, 5) is 0. The molecule has 1 aliphatic rings. The average molecular weight is 321 g/mol. The number of ether oxygens (including phenoxy) is 1. The summed E-state index contributed by atoms with van der Waals surface area (Å²) >= 11 is 0. The van der Waals surface area contributed by atoms with Crippen molar-refractivity contribution in [2.24, 2.45) is 0 Å². The van der Waals surface area contributed by atoms with E-state index in [1.165, 1.54) is 5.56 Å². The zero-order chi connectivity index (χ0) is 6.81. The predicted octanol–water partition coefficient (Wildman–Crippen LogP) is 2.09. The molecule has 12 heavy (non-hydrogen) atoms. The van der Waals surface area contributed by atoms with Crippen LogP contribution in [0.15, 0.2) is 30.3 Å². The smallest absolute Gasteiger partial charge is 0.126 e. The number of benzene rings is 1. The van der Waals surface area contributed by atoms with Crippen LogP contribution in [0.5, 0.6) is 5.75 Å². The Morgan fingerprint density at radius 1 is 1.17 bits per heavy atom. The van der Waals surface area contributed by atoms with E-state index in [1.807, 2.05) is 30.3 Å². The third-order valence-corrected chi connectivity index (χ3v) is 1.55. The molecule has 0 spiro atoms. The second-order valence-electron chi connectivity index (χ2n) is 2.25. The summed E-state index contributed by atoms with van der Waals surface area (Å²) < 4.78 is 5.34. The first kappa shape index (κ1) is 12.2. The zero-order valence-corrected chi connectivity index (χ0v) is 10.6. The Hall–Kier alpha value is 0.189. The van der Waals surface area contributed by atoms with Gasteiger partial charge in [-0.2, -0.15) is 0 Å². The summed E-state index contributed by atoms with van der Waals surface area (Å²) in [7, 11) is 0. The van der Waals surface area contributed by atoms with E-state index in [4.69, 9.17) is 4.74 Å². The summed E-state index contributed by atoms with van der Waals surface area (Å²) in [6, 6.07) is 8.03. The largest absolute Gasteiger partial charge is 0.489 e. The monoisotopic (exact) mass is 323 g/mol. The normalized spacial score (nSPS) is 11.7. The van der Waals surface area contributed by atoms with Gasteiger partial charge >= 0.3 is 0 Å². The minimum Gasteiger partial charge on any atom is -0.489 e. The van der Waals surface area contributed by atoms with Crippen LogP contribution in [-0.4, -0.2) is 6.61 Å². The molecule has 1 nitrogen and oxygen atoms in total. The van der Waals surface area contributed by atoms with Gasteiger partial charge in [-0.1, -0.05) is 24.3 Å². The van der Waals surface area contributed by atoms with Crippen LogP contribution in [0, 0.1) is 0 Å². The fraction of sp³-hybridized carbons (Fsp3) is 0.111. The molecular formula is C9H8MoNbO. The van der Waals surface area contributed by atoms with E-state index in [-0.39, 0.29) is 43.4 Å². The molecule has 1 aliphatic heterocycles. The molecule has 0 saturated heterocycles. The van der Waals surface area contributed by atoms with Crippen LogP contribution in [0.3, 0.4) is 0 Å². The maximum atomic E-state index is 5.34. The van der Waals surface area contributed by atoms with Gasteiger partial charge in [0.2, 0.25) is 0 Å². The topological polar surface area (TPSA) is 9.23 Å². The van der Waals surface area contributed by atoms with Crippen LogP contribution in [0.2, 0.25) is 0 Å². The summed E-state index contributed by atoms with van der Waals surface area (Å²) in [6.07, 6.45) is 4.10. The third kappa shape index (κ3) is 2.60. The van der Waals surface area contributed by atoms with Gasteiger partial charge in [-0.05, 0) is 12.1 Å². The summed E-state index contributed by atoms with van der Waals surface area (Å²) in [5.41, 5.74) is 1.17. The minimum atomic E-state index is 0. The first-order valence-electron chi connectivity index (χ1n) is 3.35. The van der Waals surface area contributed by atoms with Gasteiger partial charge in [-0.3, -0.25) is 0 Å². The van der Waals surface area contributed by atoms with E-state index >= 15 is 0 Å². The SMILES string of the molecule is C1=Cc2ccccc2OC1.[Mo].[Nb]. The van der Waals surface area contributed by atoms with Gasteiger partial charge in [0.15, 0.2) is 0 Å². The molecule has 0 N–H and O–H groups in total. The van der Waals surface area contributed by atoms with E-state index < -0.39 is 0 Å². The number of para-hydroxylation sites is 1. The first-order valence-corrected chi connectivity index (χ1v) is 3.35. The van der Waals surface area contributed by atoms with Crippen molar-refractivity contribution < 1.29 is 48.2 Å². The van der Waals surface area contributed by atoms with Crippen molar-refractivity contribution in [3.8, 4) is 5.75 Å². The van der Waals surface area contributed by atoms with Gasteiger partial charge in [-0.15, -0.1) is 0 Å². The molecule has 0 saturated carbocycles. The van der Waals surface area contributed by atoms with E-state index in [1.54, 1.807) is 0 Å². The summed E-state index contributed by atoms with van der Waals surface area (Å²) in [5, 5.41) is 0. The second-order valence-corrected chi connectivity index (χ2v) is 2.25. The van der Waals surface area contributed by atoms with Gasteiger partial charge in [0, 0.05) is 49.0 Å². The number of rotatable bonds is 0. The molecule has 0 unspecified atom stereocenters. The van der Waals surface area contributed by atoms with E-state index in [9.17, 15) is 0 Å². The molecule has 1 heterocycles. The Morgan fingerprint density at radius 2 is 1.92 bits per heavy atom. The average Bonchev–Trinajstić information content (AvgIpc) is 2.05.